The molecule has 0 bridgehead atoms. The first-order valence-corrected chi connectivity index (χ1v) is 6.59. The second-order valence-corrected chi connectivity index (χ2v) is 5.71. The molecule has 0 radical (unpaired) electrons. The number of nitrogens with one attached hydrogen (secondary N) is 1. The summed E-state index contributed by atoms with van der Waals surface area (Å²) in [6.07, 6.45) is -2.15. The van der Waals surface area contributed by atoms with Gasteiger partial charge in [0, 0.05) is 18.3 Å². The largest absolute Gasteiger partial charge is 0.444 e. The van der Waals surface area contributed by atoms with Gasteiger partial charge >= 0.3 is 6.09 Å². The number of amides is 1. The normalized spacial score (nSPS) is 14.4. The van der Waals surface area contributed by atoms with Crippen LogP contribution in [0.2, 0.25) is 5.28 Å². The number of alkyl carbamates (subject to hydrolysis) is 1. The Morgan fingerprint density at radius 3 is 2.67 bits per heavy atom. The monoisotopic (exact) mass is 318 g/mol. The van der Waals surface area contributed by atoms with Crippen LogP contribution in [-0.4, -0.2) is 44.5 Å². The maximum atomic E-state index is 11.4. The number of nitrogen functional groups attached to an aromatic ring is 1. The van der Waals surface area contributed by atoms with Crippen LogP contribution >= 0.6 is 11.6 Å². The predicted molar refractivity (Wildman–Crippen MR) is 76.7 cm³/mol. The summed E-state index contributed by atoms with van der Waals surface area (Å²) in [5, 5.41) is 22.1. The quantitative estimate of drug-likeness (QED) is 0.599. The lowest BCUT2D eigenvalue weighted by atomic mass is 10.1. The van der Waals surface area contributed by atoms with E-state index in [2.05, 4.69) is 15.3 Å². The summed E-state index contributed by atoms with van der Waals surface area (Å²) in [4.78, 5) is 18.8. The van der Waals surface area contributed by atoms with Crippen LogP contribution in [0.4, 0.5) is 10.6 Å². The second kappa shape index (κ2) is 6.88. The molecule has 118 valence electrons. The number of hydrogen-bond acceptors (Lipinski definition) is 7. The maximum Gasteiger partial charge on any atom is 0.407 e. The Hall–Kier alpha value is -1.64. The lowest BCUT2D eigenvalue weighted by Crippen LogP contribution is -2.39. The van der Waals surface area contributed by atoms with Gasteiger partial charge in [-0.25, -0.2) is 14.8 Å². The Labute approximate surface area is 127 Å². The lowest BCUT2D eigenvalue weighted by Gasteiger charge is -2.22. The molecule has 9 heteroatoms. The van der Waals surface area contributed by atoms with E-state index in [4.69, 9.17) is 22.1 Å². The average Bonchev–Trinajstić information content (AvgIpc) is 2.33. The molecule has 1 amide bonds. The number of nitrogens with zero attached hydrogens (tertiary/aromatic N) is 2. The van der Waals surface area contributed by atoms with Crippen LogP contribution < -0.4 is 11.1 Å². The first kappa shape index (κ1) is 17.4. The fourth-order valence-corrected chi connectivity index (χ4v) is 1.57. The van der Waals surface area contributed by atoms with E-state index in [-0.39, 0.29) is 23.2 Å². The number of rotatable bonds is 4. The molecule has 1 rings (SSSR count). The number of aromatic nitrogens is 2. The zero-order chi connectivity index (χ0) is 16.2. The van der Waals surface area contributed by atoms with Gasteiger partial charge in [0.2, 0.25) is 5.28 Å². The highest BCUT2D eigenvalue weighted by Crippen LogP contribution is 2.21. The number of carbonyl (C=O) groups is 1. The fraction of sp³-hybridized carbons (Fsp3) is 0.583. The maximum absolute atomic E-state index is 11.4. The minimum atomic E-state index is -1.36. The van der Waals surface area contributed by atoms with Crippen molar-refractivity contribution >= 4 is 23.5 Å². The third kappa shape index (κ3) is 5.70. The number of hydrogen-bond donors (Lipinski definition) is 4. The molecule has 2 atom stereocenters. The van der Waals surface area contributed by atoms with E-state index in [0.717, 1.165) is 0 Å². The van der Waals surface area contributed by atoms with E-state index in [9.17, 15) is 15.0 Å². The van der Waals surface area contributed by atoms with E-state index in [1.165, 1.54) is 6.20 Å². The Kier molecular flexibility index (Phi) is 5.70. The van der Waals surface area contributed by atoms with Gasteiger partial charge < -0.3 is 26.0 Å². The topological polar surface area (TPSA) is 131 Å². The molecule has 21 heavy (non-hydrogen) atoms. The number of aliphatic hydroxyl groups is 2. The lowest BCUT2D eigenvalue weighted by molar-refractivity contribution is 0.0130. The number of carbonyl (C=O) groups excluding carboxylic acids is 1. The van der Waals surface area contributed by atoms with Crippen LogP contribution in [0.5, 0.6) is 0 Å². The summed E-state index contributed by atoms with van der Waals surface area (Å²) >= 11 is 5.55. The van der Waals surface area contributed by atoms with Crippen LogP contribution in [0.3, 0.4) is 0 Å². The number of aliphatic hydroxyl groups excluding tert-OH is 2. The van der Waals surface area contributed by atoms with Crippen LogP contribution in [0.1, 0.15) is 32.4 Å². The van der Waals surface area contributed by atoms with E-state index in [1.807, 2.05) is 0 Å². The van der Waals surface area contributed by atoms with Gasteiger partial charge in [0.1, 0.15) is 23.6 Å². The molecule has 0 saturated heterocycles. The van der Waals surface area contributed by atoms with E-state index in [0.29, 0.717) is 0 Å². The van der Waals surface area contributed by atoms with Gasteiger partial charge in [0.15, 0.2) is 0 Å². The van der Waals surface area contributed by atoms with Crippen LogP contribution in [-0.2, 0) is 4.74 Å². The molecular formula is C12H19ClN4O4. The smallest absolute Gasteiger partial charge is 0.407 e. The molecule has 0 fully saturated rings. The van der Waals surface area contributed by atoms with E-state index in [1.54, 1.807) is 20.8 Å². The van der Waals surface area contributed by atoms with E-state index < -0.39 is 23.9 Å². The van der Waals surface area contributed by atoms with Gasteiger partial charge in [-0.05, 0) is 32.4 Å². The Morgan fingerprint density at radius 2 is 2.14 bits per heavy atom. The molecule has 5 N–H and O–H groups in total. The standard InChI is InChI=1S/C12H19ClN4O4/c1-12(2,3)21-11(20)16-5-7(18)8(19)6-4-15-10(13)17-9(6)14/h4,7-8,18-19H,5H2,1-3H3,(H,16,20)(H2,14,15,17). The van der Waals surface area contributed by atoms with Gasteiger partial charge in [-0.3, -0.25) is 0 Å². The van der Waals surface area contributed by atoms with Crippen molar-refractivity contribution in [1.82, 2.24) is 15.3 Å². The van der Waals surface area contributed by atoms with Gasteiger partial charge in [0.05, 0.1) is 0 Å². The van der Waals surface area contributed by atoms with Crippen molar-refractivity contribution in [2.45, 2.75) is 38.6 Å². The first-order chi connectivity index (χ1) is 9.60. The molecule has 8 nitrogen and oxygen atoms in total. The third-order valence-corrected chi connectivity index (χ3v) is 2.54. The minimum Gasteiger partial charge on any atom is -0.444 e. The highest BCUT2D eigenvalue weighted by atomic mass is 35.5. The highest BCUT2D eigenvalue weighted by Gasteiger charge is 2.23. The highest BCUT2D eigenvalue weighted by molar-refractivity contribution is 6.28. The number of nitrogens with two attached hydrogens (primary N) is 1. The summed E-state index contributed by atoms with van der Waals surface area (Å²) in [7, 11) is 0. The molecule has 0 aliphatic rings. The van der Waals surface area contributed by atoms with Crippen molar-refractivity contribution in [3.05, 3.63) is 17.0 Å². The molecular weight excluding hydrogens is 300 g/mol. The summed E-state index contributed by atoms with van der Waals surface area (Å²) in [6, 6.07) is 0. The van der Waals surface area contributed by atoms with Crippen LogP contribution in [0.25, 0.3) is 0 Å². The summed E-state index contributed by atoms with van der Waals surface area (Å²) in [5.41, 5.74) is 5.05. The minimum absolute atomic E-state index is 0.0428. The zero-order valence-corrected chi connectivity index (χ0v) is 12.8. The summed E-state index contributed by atoms with van der Waals surface area (Å²) in [6.45, 7) is 4.91. The first-order valence-electron chi connectivity index (χ1n) is 6.21. The summed E-state index contributed by atoms with van der Waals surface area (Å²) in [5.74, 6) is -0.0428. The molecule has 0 aromatic carbocycles. The number of anilines is 1. The molecule has 0 aliphatic heterocycles. The Bertz CT molecular complexity index is 507. The molecule has 0 saturated carbocycles. The van der Waals surface area contributed by atoms with Crippen molar-refractivity contribution in [2.75, 3.05) is 12.3 Å². The number of halogens is 1. The molecule has 0 aliphatic carbocycles. The molecule has 2 unspecified atom stereocenters. The van der Waals surface area contributed by atoms with Crippen molar-refractivity contribution < 1.29 is 19.7 Å². The fourth-order valence-electron chi connectivity index (χ4n) is 1.43. The molecule has 0 spiro atoms. The zero-order valence-electron chi connectivity index (χ0n) is 12.0. The van der Waals surface area contributed by atoms with Gasteiger partial charge in [-0.2, -0.15) is 0 Å². The van der Waals surface area contributed by atoms with Crippen LogP contribution in [0.15, 0.2) is 6.20 Å². The van der Waals surface area contributed by atoms with Gasteiger partial charge in [-0.1, -0.05) is 0 Å². The van der Waals surface area contributed by atoms with Crippen molar-refractivity contribution in [2.24, 2.45) is 0 Å². The SMILES string of the molecule is CC(C)(C)OC(=O)NCC(O)C(O)c1cnc(Cl)nc1N. The van der Waals surface area contributed by atoms with Crippen molar-refractivity contribution in [3.63, 3.8) is 0 Å². The van der Waals surface area contributed by atoms with Crippen LogP contribution in [0, 0.1) is 0 Å². The summed E-state index contributed by atoms with van der Waals surface area (Å²) < 4.78 is 5.00. The molecule has 1 aromatic heterocycles. The van der Waals surface area contributed by atoms with Gasteiger partial charge in [0.25, 0.3) is 0 Å². The third-order valence-electron chi connectivity index (χ3n) is 2.36. The molecule has 1 aromatic rings. The predicted octanol–water partition coefficient (Wildman–Crippen LogP) is 0.631. The molecule has 1 heterocycles. The number of ether oxygens (including phenoxy) is 1. The van der Waals surface area contributed by atoms with Crippen molar-refractivity contribution in [3.8, 4) is 0 Å². The Morgan fingerprint density at radius 1 is 1.52 bits per heavy atom. The van der Waals surface area contributed by atoms with E-state index >= 15 is 0 Å². The average molecular weight is 319 g/mol. The Balaban J connectivity index is 2.59. The second-order valence-electron chi connectivity index (χ2n) is 5.37. The van der Waals surface area contributed by atoms with Crippen molar-refractivity contribution in [1.29, 1.82) is 0 Å². The van der Waals surface area contributed by atoms with Gasteiger partial charge in [-0.15, -0.1) is 0 Å².